The van der Waals surface area contributed by atoms with Gasteiger partial charge in [0.05, 0.1) is 6.54 Å². The van der Waals surface area contributed by atoms with Crippen LogP contribution in [0.1, 0.15) is 5.56 Å². The molecule has 4 nitrogen and oxygen atoms in total. The van der Waals surface area contributed by atoms with Gasteiger partial charge in [0.1, 0.15) is 6.61 Å². The van der Waals surface area contributed by atoms with E-state index in [1.165, 1.54) is 0 Å². The Bertz CT molecular complexity index is 406. The lowest BCUT2D eigenvalue weighted by atomic mass is 10.2. The third kappa shape index (κ3) is 4.29. The third-order valence-corrected chi connectivity index (χ3v) is 1.77. The number of nitrogens with one attached hydrogen (secondary N) is 1. The van der Waals surface area contributed by atoms with E-state index in [0.717, 1.165) is 5.56 Å². The van der Waals surface area contributed by atoms with Crippen molar-refractivity contribution in [3.05, 3.63) is 35.9 Å². The summed E-state index contributed by atoms with van der Waals surface area (Å²) >= 11 is 0. The summed E-state index contributed by atoms with van der Waals surface area (Å²) in [5.41, 5.74) is 0.876. The summed E-state index contributed by atoms with van der Waals surface area (Å²) in [5, 5.41) is 2.25. The first-order valence-corrected chi connectivity index (χ1v) is 4.66. The van der Waals surface area contributed by atoms with Crippen LogP contribution in [0, 0.1) is 12.3 Å². The van der Waals surface area contributed by atoms with Crippen LogP contribution in [-0.2, 0) is 16.1 Å². The van der Waals surface area contributed by atoms with Crippen molar-refractivity contribution in [2.75, 3.05) is 6.54 Å². The molecule has 0 unspecified atom stereocenters. The van der Waals surface area contributed by atoms with Crippen molar-refractivity contribution in [3.63, 3.8) is 0 Å². The van der Waals surface area contributed by atoms with Gasteiger partial charge in [-0.05, 0) is 11.5 Å². The van der Waals surface area contributed by atoms with Gasteiger partial charge in [0.25, 0.3) is 0 Å². The lowest BCUT2D eigenvalue weighted by molar-refractivity contribution is -0.113. The normalized spacial score (nSPS) is 8.94. The molecule has 0 aliphatic heterocycles. The fourth-order valence-corrected chi connectivity index (χ4v) is 0.978. The predicted octanol–water partition coefficient (Wildman–Crippen LogP) is 1.12. The summed E-state index contributed by atoms with van der Waals surface area (Å²) in [7, 11) is 0. The second-order valence-electron chi connectivity index (χ2n) is 2.98. The summed E-state index contributed by atoms with van der Waals surface area (Å²) < 4.78 is 4.85. The minimum absolute atomic E-state index is 0.164. The van der Waals surface area contributed by atoms with Gasteiger partial charge in [0, 0.05) is 0 Å². The minimum atomic E-state index is -0.660. The summed E-state index contributed by atoms with van der Waals surface area (Å²) in [6.07, 6.45) is 4.17. The van der Waals surface area contributed by atoms with Gasteiger partial charge in [-0.15, -0.1) is 6.42 Å². The van der Waals surface area contributed by atoms with Crippen molar-refractivity contribution in [2.45, 2.75) is 6.61 Å². The van der Waals surface area contributed by atoms with E-state index in [0.29, 0.717) is 0 Å². The summed E-state index contributed by atoms with van der Waals surface area (Å²) in [6, 6.07) is 9.23. The van der Waals surface area contributed by atoms with Crippen LogP contribution in [0.3, 0.4) is 0 Å². The number of terminal acetylenes is 1. The molecular formula is C12H11NO3. The Kier molecular flexibility index (Phi) is 4.61. The monoisotopic (exact) mass is 217 g/mol. The van der Waals surface area contributed by atoms with Crippen LogP contribution in [0.25, 0.3) is 0 Å². The van der Waals surface area contributed by atoms with Crippen molar-refractivity contribution < 1.29 is 14.3 Å². The highest BCUT2D eigenvalue weighted by Crippen LogP contribution is 2.00. The zero-order chi connectivity index (χ0) is 11.8. The topological polar surface area (TPSA) is 55.4 Å². The second-order valence-corrected chi connectivity index (χ2v) is 2.98. The molecule has 0 fully saturated rings. The molecule has 0 atom stereocenters. The molecule has 0 saturated heterocycles. The van der Waals surface area contributed by atoms with Crippen LogP contribution in [0.15, 0.2) is 30.3 Å². The van der Waals surface area contributed by atoms with Crippen molar-refractivity contribution in [1.29, 1.82) is 0 Å². The molecule has 0 aliphatic rings. The van der Waals surface area contributed by atoms with Gasteiger partial charge < -0.3 is 10.1 Å². The zero-order valence-electron chi connectivity index (χ0n) is 8.60. The standard InChI is InChI=1S/C12H11NO3/c1-2-11(14)8-13-12(15)16-9-10-6-4-3-5-7-10/h1,3-7H,8-9H2,(H,13,15). The lowest BCUT2D eigenvalue weighted by Gasteiger charge is -2.04. The minimum Gasteiger partial charge on any atom is -0.445 e. The first-order valence-electron chi connectivity index (χ1n) is 4.66. The highest BCUT2D eigenvalue weighted by molar-refractivity contribution is 5.97. The Morgan fingerprint density at radius 2 is 2.00 bits per heavy atom. The molecule has 1 aromatic carbocycles. The number of alkyl carbamates (subject to hydrolysis) is 1. The molecule has 0 aliphatic carbocycles. The number of amides is 1. The second kappa shape index (κ2) is 6.25. The van der Waals surface area contributed by atoms with Gasteiger partial charge in [-0.1, -0.05) is 30.3 Å². The predicted molar refractivity (Wildman–Crippen MR) is 58.5 cm³/mol. The highest BCUT2D eigenvalue weighted by atomic mass is 16.5. The molecular weight excluding hydrogens is 206 g/mol. The summed E-state index contributed by atoms with van der Waals surface area (Å²) in [4.78, 5) is 21.8. The average molecular weight is 217 g/mol. The maximum absolute atomic E-state index is 11.1. The number of hydrogen-bond donors (Lipinski definition) is 1. The van der Waals surface area contributed by atoms with E-state index in [-0.39, 0.29) is 13.2 Å². The molecule has 0 radical (unpaired) electrons. The van der Waals surface area contributed by atoms with Crippen molar-refractivity contribution >= 4 is 11.9 Å². The lowest BCUT2D eigenvalue weighted by Crippen LogP contribution is -2.29. The molecule has 0 spiro atoms. The van der Waals surface area contributed by atoms with Crippen LogP contribution >= 0.6 is 0 Å². The van der Waals surface area contributed by atoms with Gasteiger partial charge in [0.2, 0.25) is 5.78 Å². The molecule has 0 heterocycles. The SMILES string of the molecule is C#CC(=O)CNC(=O)OCc1ccccc1. The Morgan fingerprint density at radius 1 is 1.31 bits per heavy atom. The van der Waals surface area contributed by atoms with Crippen LogP contribution in [0.2, 0.25) is 0 Å². The molecule has 1 N–H and O–H groups in total. The number of rotatable bonds is 4. The molecule has 1 rings (SSSR count). The summed E-state index contributed by atoms with van der Waals surface area (Å²) in [6.45, 7) is -0.0406. The smallest absolute Gasteiger partial charge is 0.407 e. The maximum Gasteiger partial charge on any atom is 0.407 e. The highest BCUT2D eigenvalue weighted by Gasteiger charge is 2.03. The molecule has 16 heavy (non-hydrogen) atoms. The number of carbonyl (C=O) groups is 2. The Morgan fingerprint density at radius 3 is 2.62 bits per heavy atom. The average Bonchev–Trinajstić information content (AvgIpc) is 2.34. The van der Waals surface area contributed by atoms with E-state index < -0.39 is 11.9 Å². The largest absolute Gasteiger partial charge is 0.445 e. The first-order chi connectivity index (χ1) is 7.72. The Balaban J connectivity index is 2.26. The zero-order valence-corrected chi connectivity index (χ0v) is 8.60. The summed E-state index contributed by atoms with van der Waals surface area (Å²) in [5.74, 6) is 1.40. The molecule has 0 saturated carbocycles. The molecule has 4 heteroatoms. The number of Topliss-reactive ketones (excluding diaryl/α,β-unsaturated/α-hetero) is 1. The Hall–Kier alpha value is -2.28. The number of ether oxygens (including phenoxy) is 1. The van der Waals surface area contributed by atoms with E-state index in [2.05, 4.69) is 5.32 Å². The van der Waals surface area contributed by atoms with E-state index in [1.54, 1.807) is 0 Å². The van der Waals surface area contributed by atoms with Gasteiger partial charge >= 0.3 is 6.09 Å². The quantitative estimate of drug-likeness (QED) is 0.607. The maximum atomic E-state index is 11.1. The molecule has 0 bridgehead atoms. The van der Waals surface area contributed by atoms with Gasteiger partial charge in [-0.25, -0.2) is 4.79 Å². The number of benzene rings is 1. The molecule has 1 aromatic rings. The molecule has 1 amide bonds. The number of carbonyl (C=O) groups excluding carboxylic acids is 2. The van der Waals surface area contributed by atoms with E-state index in [9.17, 15) is 9.59 Å². The van der Waals surface area contributed by atoms with E-state index in [1.807, 2.05) is 36.3 Å². The van der Waals surface area contributed by atoms with E-state index in [4.69, 9.17) is 11.2 Å². The fraction of sp³-hybridized carbons (Fsp3) is 0.167. The number of ketones is 1. The third-order valence-electron chi connectivity index (χ3n) is 1.77. The van der Waals surface area contributed by atoms with Gasteiger partial charge in [-0.2, -0.15) is 0 Å². The van der Waals surface area contributed by atoms with Gasteiger partial charge in [-0.3, -0.25) is 4.79 Å². The van der Waals surface area contributed by atoms with Crippen LogP contribution in [-0.4, -0.2) is 18.4 Å². The van der Waals surface area contributed by atoms with Crippen LogP contribution in [0.4, 0.5) is 4.79 Å². The number of hydrogen-bond acceptors (Lipinski definition) is 3. The van der Waals surface area contributed by atoms with Crippen molar-refractivity contribution in [2.24, 2.45) is 0 Å². The molecule has 0 aromatic heterocycles. The fourth-order valence-electron chi connectivity index (χ4n) is 0.978. The van der Waals surface area contributed by atoms with Crippen molar-refractivity contribution in [3.8, 4) is 12.3 Å². The van der Waals surface area contributed by atoms with Gasteiger partial charge in [0.15, 0.2) is 0 Å². The Labute approximate surface area is 93.6 Å². The van der Waals surface area contributed by atoms with Crippen LogP contribution in [0.5, 0.6) is 0 Å². The molecule has 82 valence electrons. The van der Waals surface area contributed by atoms with E-state index >= 15 is 0 Å². The first kappa shape index (κ1) is 11.8. The van der Waals surface area contributed by atoms with Crippen LogP contribution < -0.4 is 5.32 Å². The van der Waals surface area contributed by atoms with Crippen molar-refractivity contribution in [1.82, 2.24) is 5.32 Å².